The first-order chi connectivity index (χ1) is 8.24. The SMILES string of the molecule is CCCc1c(N(C)C)nc(=S)sc1NS(C)(=O)=O. The molecule has 1 aromatic heterocycles. The van der Waals surface area contributed by atoms with Crippen molar-refractivity contribution in [3.63, 3.8) is 0 Å². The number of aromatic nitrogens is 1. The van der Waals surface area contributed by atoms with Crippen molar-refractivity contribution in [1.82, 2.24) is 4.98 Å². The molecular weight excluding hydrogens is 290 g/mol. The minimum absolute atomic E-state index is 0.421. The van der Waals surface area contributed by atoms with Crippen LogP contribution in [0.25, 0.3) is 0 Å². The van der Waals surface area contributed by atoms with Gasteiger partial charge in [0.25, 0.3) is 0 Å². The number of sulfonamides is 1. The number of hydrogen-bond donors (Lipinski definition) is 1. The Hall–Kier alpha value is -0.730. The Balaban J connectivity index is 3.43. The molecule has 0 saturated carbocycles. The van der Waals surface area contributed by atoms with Crippen molar-refractivity contribution in [3.8, 4) is 0 Å². The van der Waals surface area contributed by atoms with Crippen molar-refractivity contribution in [2.24, 2.45) is 0 Å². The predicted octanol–water partition coefficient (Wildman–Crippen LogP) is 2.26. The van der Waals surface area contributed by atoms with Gasteiger partial charge in [-0.05, 0) is 18.6 Å². The van der Waals surface area contributed by atoms with E-state index in [1.54, 1.807) is 0 Å². The maximum atomic E-state index is 11.4. The number of anilines is 2. The maximum absolute atomic E-state index is 11.4. The standard InChI is InChI=1S/C10H17N3O2S3/c1-5-6-7-8(13(2)3)11-10(16)17-9(7)12-18(4,14)15/h12H,5-6H2,1-4H3. The molecule has 0 amide bonds. The van der Waals surface area contributed by atoms with Crippen LogP contribution in [0.5, 0.6) is 0 Å². The van der Waals surface area contributed by atoms with Crippen LogP contribution in [0.4, 0.5) is 10.8 Å². The maximum Gasteiger partial charge on any atom is 0.230 e. The Morgan fingerprint density at radius 3 is 2.50 bits per heavy atom. The Kier molecular flexibility index (Phi) is 5.06. The molecule has 1 heterocycles. The fourth-order valence-electron chi connectivity index (χ4n) is 1.52. The molecule has 0 atom stereocenters. The first-order valence-electron chi connectivity index (χ1n) is 5.43. The van der Waals surface area contributed by atoms with Crippen LogP contribution < -0.4 is 9.62 Å². The molecule has 0 aliphatic carbocycles. The van der Waals surface area contributed by atoms with Gasteiger partial charge in [0.05, 0.1) is 6.26 Å². The van der Waals surface area contributed by atoms with Crippen molar-refractivity contribution in [2.75, 3.05) is 30.0 Å². The second-order valence-electron chi connectivity index (χ2n) is 4.13. The molecule has 1 N–H and O–H groups in total. The molecule has 0 aliphatic heterocycles. The van der Waals surface area contributed by atoms with Gasteiger partial charge in [0.15, 0.2) is 3.95 Å². The first kappa shape index (κ1) is 15.3. The molecule has 0 aliphatic rings. The Labute approximate surface area is 117 Å². The zero-order valence-electron chi connectivity index (χ0n) is 10.8. The van der Waals surface area contributed by atoms with Crippen LogP contribution in [-0.2, 0) is 16.4 Å². The van der Waals surface area contributed by atoms with Gasteiger partial charge in [-0.1, -0.05) is 24.7 Å². The molecule has 0 unspecified atom stereocenters. The van der Waals surface area contributed by atoms with E-state index in [-0.39, 0.29) is 0 Å². The zero-order valence-corrected chi connectivity index (χ0v) is 13.3. The van der Waals surface area contributed by atoms with Crippen molar-refractivity contribution < 1.29 is 8.42 Å². The van der Waals surface area contributed by atoms with Gasteiger partial charge in [-0.25, -0.2) is 13.4 Å². The molecule has 0 spiro atoms. The monoisotopic (exact) mass is 307 g/mol. The van der Waals surface area contributed by atoms with E-state index in [0.29, 0.717) is 8.96 Å². The summed E-state index contributed by atoms with van der Waals surface area (Å²) in [5.41, 5.74) is 0.895. The average Bonchev–Trinajstić information content (AvgIpc) is 2.19. The molecular formula is C10H17N3O2S3. The molecule has 1 aromatic rings. The lowest BCUT2D eigenvalue weighted by Crippen LogP contribution is -2.16. The van der Waals surface area contributed by atoms with Crippen molar-refractivity contribution in [2.45, 2.75) is 19.8 Å². The molecule has 8 heteroatoms. The highest BCUT2D eigenvalue weighted by atomic mass is 32.2. The van der Waals surface area contributed by atoms with Crippen molar-refractivity contribution in [3.05, 3.63) is 9.52 Å². The summed E-state index contributed by atoms with van der Waals surface area (Å²) in [5, 5.41) is 0.572. The van der Waals surface area contributed by atoms with E-state index in [1.807, 2.05) is 25.9 Å². The third-order valence-corrected chi connectivity index (χ3v) is 4.00. The van der Waals surface area contributed by atoms with Crippen LogP contribution >= 0.6 is 23.6 Å². The lowest BCUT2D eigenvalue weighted by atomic mass is 10.2. The van der Waals surface area contributed by atoms with Gasteiger partial charge in [0.2, 0.25) is 10.0 Å². The van der Waals surface area contributed by atoms with Crippen LogP contribution in [0.3, 0.4) is 0 Å². The molecule has 0 fully saturated rings. The molecule has 1 rings (SSSR count). The summed E-state index contributed by atoms with van der Waals surface area (Å²) in [5.74, 6) is 0.728. The molecule has 5 nitrogen and oxygen atoms in total. The Morgan fingerprint density at radius 1 is 1.44 bits per heavy atom. The van der Waals surface area contributed by atoms with Crippen LogP contribution in [0.15, 0.2) is 0 Å². The lowest BCUT2D eigenvalue weighted by Gasteiger charge is -2.18. The summed E-state index contributed by atoms with van der Waals surface area (Å²) in [4.78, 5) is 6.15. The highest BCUT2D eigenvalue weighted by molar-refractivity contribution is 7.92. The van der Waals surface area contributed by atoms with E-state index < -0.39 is 10.0 Å². The van der Waals surface area contributed by atoms with Crippen molar-refractivity contribution >= 4 is 44.4 Å². The minimum atomic E-state index is -3.31. The lowest BCUT2D eigenvalue weighted by molar-refractivity contribution is 0.607. The highest BCUT2D eigenvalue weighted by Crippen LogP contribution is 2.30. The number of rotatable bonds is 5. The van der Waals surface area contributed by atoms with E-state index in [2.05, 4.69) is 9.71 Å². The molecule has 0 bridgehead atoms. The topological polar surface area (TPSA) is 62.3 Å². The summed E-state index contributed by atoms with van der Waals surface area (Å²) in [7, 11) is 0.423. The summed E-state index contributed by atoms with van der Waals surface area (Å²) < 4.78 is 25.7. The normalized spacial score (nSPS) is 11.3. The summed E-state index contributed by atoms with van der Waals surface area (Å²) in [6.45, 7) is 2.04. The quantitative estimate of drug-likeness (QED) is 0.846. The van der Waals surface area contributed by atoms with Crippen molar-refractivity contribution in [1.29, 1.82) is 0 Å². The van der Waals surface area contributed by atoms with E-state index in [1.165, 1.54) is 11.3 Å². The summed E-state index contributed by atoms with van der Waals surface area (Å²) >= 11 is 6.27. The molecule has 0 radical (unpaired) electrons. The van der Waals surface area contributed by atoms with Gasteiger partial charge >= 0.3 is 0 Å². The van der Waals surface area contributed by atoms with E-state index in [0.717, 1.165) is 30.5 Å². The average molecular weight is 307 g/mol. The minimum Gasteiger partial charge on any atom is -0.362 e. The highest BCUT2D eigenvalue weighted by Gasteiger charge is 2.15. The third kappa shape index (κ3) is 4.18. The van der Waals surface area contributed by atoms with Crippen LogP contribution in [-0.4, -0.2) is 33.8 Å². The third-order valence-electron chi connectivity index (χ3n) is 2.13. The molecule has 0 saturated heterocycles. The summed E-state index contributed by atoms with van der Waals surface area (Å²) in [6.07, 6.45) is 2.79. The second kappa shape index (κ2) is 5.94. The molecule has 102 valence electrons. The van der Waals surface area contributed by atoms with Gasteiger partial charge < -0.3 is 4.90 Å². The second-order valence-corrected chi connectivity index (χ2v) is 7.52. The van der Waals surface area contributed by atoms with Gasteiger partial charge in [0, 0.05) is 19.7 Å². The summed E-state index contributed by atoms with van der Waals surface area (Å²) in [6, 6.07) is 0. The van der Waals surface area contributed by atoms with Crippen LogP contribution in [0.2, 0.25) is 0 Å². The number of hydrogen-bond acceptors (Lipinski definition) is 6. The number of nitrogens with zero attached hydrogens (tertiary/aromatic N) is 2. The largest absolute Gasteiger partial charge is 0.362 e. The number of nitrogens with one attached hydrogen (secondary N) is 1. The van der Waals surface area contributed by atoms with Gasteiger partial charge in [-0.15, -0.1) is 0 Å². The zero-order chi connectivity index (χ0) is 13.9. The first-order valence-corrected chi connectivity index (χ1v) is 8.55. The van der Waals surface area contributed by atoms with Gasteiger partial charge in [-0.3, -0.25) is 4.72 Å². The van der Waals surface area contributed by atoms with Gasteiger partial charge in [0.1, 0.15) is 10.8 Å². The fourth-order valence-corrected chi connectivity index (χ4v) is 3.56. The smallest absolute Gasteiger partial charge is 0.230 e. The fraction of sp³-hybridized carbons (Fsp3) is 0.600. The molecule has 18 heavy (non-hydrogen) atoms. The van der Waals surface area contributed by atoms with E-state index >= 15 is 0 Å². The Morgan fingerprint density at radius 2 is 2.06 bits per heavy atom. The van der Waals surface area contributed by atoms with Gasteiger partial charge in [-0.2, -0.15) is 0 Å². The van der Waals surface area contributed by atoms with Crippen LogP contribution in [0.1, 0.15) is 18.9 Å². The molecule has 0 aromatic carbocycles. The van der Waals surface area contributed by atoms with E-state index in [9.17, 15) is 8.42 Å². The van der Waals surface area contributed by atoms with E-state index in [4.69, 9.17) is 12.2 Å². The predicted molar refractivity (Wildman–Crippen MR) is 79.7 cm³/mol. The Bertz CT molecular complexity index is 579. The van der Waals surface area contributed by atoms with Crippen LogP contribution in [0, 0.1) is 3.95 Å².